The number of aliphatic hydroxyl groups is 6. The summed E-state index contributed by atoms with van der Waals surface area (Å²) in [4.78, 5) is 144. The largest absolute Gasteiger partial charge is 0.481 e. The number of carbonyl (C=O) groups is 11. The number of nitrogens with two attached hydrogens (primary N) is 1. The second kappa shape index (κ2) is 28.2. The average molecular weight is 998 g/mol. The molecule has 1 heterocycles. The first-order valence-corrected chi connectivity index (χ1v) is 21.1. The number of hydrogen-bond acceptors (Lipinski definition) is 18. The molecule has 30 heteroatoms. The van der Waals surface area contributed by atoms with E-state index in [1.165, 1.54) is 13.1 Å². The van der Waals surface area contributed by atoms with E-state index in [9.17, 15) is 88.5 Å². The van der Waals surface area contributed by atoms with Crippen molar-refractivity contribution in [2.45, 2.75) is 100 Å². The third-order valence-electron chi connectivity index (χ3n) is 10.0. The zero-order valence-electron chi connectivity index (χ0n) is 37.8. The van der Waals surface area contributed by atoms with Crippen LogP contribution in [-0.2, 0) is 59.2 Å². The van der Waals surface area contributed by atoms with Crippen LogP contribution in [0.15, 0.2) is 30.5 Å². The molecule has 1 aromatic heterocycles. The molecule has 0 aliphatic rings. The van der Waals surface area contributed by atoms with Crippen LogP contribution in [0.4, 0.5) is 0 Å². The minimum Gasteiger partial charge on any atom is -0.481 e. The fraction of sp³-hybridized carbons (Fsp3) is 0.525. The van der Waals surface area contributed by atoms with Crippen molar-refractivity contribution in [3.8, 4) is 0 Å². The third kappa shape index (κ3) is 17.6. The highest BCUT2D eigenvalue weighted by atomic mass is 16.4. The Labute approximate surface area is 396 Å². The highest BCUT2D eigenvalue weighted by molar-refractivity contribution is 5.99. The van der Waals surface area contributed by atoms with Crippen molar-refractivity contribution in [1.82, 2.24) is 52.8 Å². The smallest absolute Gasteiger partial charge is 0.325 e. The molecule has 0 unspecified atom stereocenters. The van der Waals surface area contributed by atoms with Crippen LogP contribution in [0.2, 0.25) is 0 Å². The van der Waals surface area contributed by atoms with Gasteiger partial charge >= 0.3 is 11.9 Å². The van der Waals surface area contributed by atoms with E-state index in [1.54, 1.807) is 24.3 Å². The summed E-state index contributed by atoms with van der Waals surface area (Å²) in [6.07, 6.45) is -1.77. The molecule has 30 nitrogen and oxygen atoms in total. The van der Waals surface area contributed by atoms with Crippen molar-refractivity contribution in [1.29, 1.82) is 0 Å². The average Bonchev–Trinajstić information content (AvgIpc) is 3.72. The Kier molecular flexibility index (Phi) is 23.7. The summed E-state index contributed by atoms with van der Waals surface area (Å²) in [5, 5.41) is 97.6. The van der Waals surface area contributed by atoms with Gasteiger partial charge < -0.3 is 99.4 Å². The number of aromatic amines is 1. The minimum absolute atomic E-state index is 0.386. The summed E-state index contributed by atoms with van der Waals surface area (Å²) in [5.74, 6) is -14.2. The number of H-pyrrole nitrogens is 1. The first-order valence-electron chi connectivity index (χ1n) is 21.1. The number of aliphatic hydroxyl groups excluding tert-OH is 6. The van der Waals surface area contributed by atoms with Gasteiger partial charge in [0.1, 0.15) is 54.4 Å². The number of aromatic nitrogens is 1. The normalized spacial score (nSPS) is 15.8. The number of aliphatic carboxylic acids is 2. The van der Waals surface area contributed by atoms with E-state index in [0.717, 1.165) is 13.8 Å². The first-order chi connectivity index (χ1) is 32.9. The topological polar surface area (TPSA) is 500 Å². The lowest BCUT2D eigenvalue weighted by Gasteiger charge is -2.27. The molecule has 0 aliphatic heterocycles. The number of fused-ring (bicyclic) bond motifs is 1. The monoisotopic (exact) mass is 997 g/mol. The zero-order chi connectivity index (χ0) is 53.0. The second-order valence-electron chi connectivity index (χ2n) is 15.6. The van der Waals surface area contributed by atoms with Crippen molar-refractivity contribution >= 4 is 76.0 Å². The Morgan fingerprint density at radius 2 is 0.886 bits per heavy atom. The van der Waals surface area contributed by atoms with Gasteiger partial charge in [-0.1, -0.05) is 18.2 Å². The molecule has 0 bridgehead atoms. The molecule has 0 radical (unpaired) electrons. The van der Waals surface area contributed by atoms with E-state index in [4.69, 9.17) is 10.8 Å². The van der Waals surface area contributed by atoms with Gasteiger partial charge in [0.2, 0.25) is 53.2 Å². The molecule has 388 valence electrons. The Hall–Kier alpha value is -7.35. The molecule has 0 saturated heterocycles. The molecule has 2 rings (SSSR count). The number of carboxylic acids is 2. The molecule has 2 aromatic rings. The van der Waals surface area contributed by atoms with Crippen LogP contribution in [0.5, 0.6) is 0 Å². The number of nitrogens with one attached hydrogen (secondary N) is 10. The van der Waals surface area contributed by atoms with Crippen LogP contribution in [-0.4, -0.2) is 210 Å². The van der Waals surface area contributed by atoms with Gasteiger partial charge in [0.25, 0.3) is 0 Å². The highest BCUT2D eigenvalue weighted by Crippen LogP contribution is 2.19. The minimum atomic E-state index is -2.10. The molecule has 9 amide bonds. The van der Waals surface area contributed by atoms with Crippen LogP contribution in [0, 0.1) is 0 Å². The predicted molar refractivity (Wildman–Crippen MR) is 236 cm³/mol. The summed E-state index contributed by atoms with van der Waals surface area (Å²) in [6.45, 7) is -2.22. The molecule has 70 heavy (non-hydrogen) atoms. The van der Waals surface area contributed by atoms with Gasteiger partial charge in [-0.05, 0) is 32.4 Å². The molecule has 0 saturated carbocycles. The number of para-hydroxylation sites is 1. The molecule has 0 aliphatic carbocycles. The number of benzene rings is 1. The van der Waals surface area contributed by atoms with Gasteiger partial charge in [-0.15, -0.1) is 0 Å². The van der Waals surface area contributed by atoms with E-state index in [-0.39, 0.29) is 6.42 Å². The van der Waals surface area contributed by atoms with Gasteiger partial charge in [0, 0.05) is 23.5 Å². The van der Waals surface area contributed by atoms with E-state index in [0.29, 0.717) is 16.5 Å². The third-order valence-corrected chi connectivity index (χ3v) is 10.0. The van der Waals surface area contributed by atoms with Crippen LogP contribution in [0.3, 0.4) is 0 Å². The fourth-order valence-corrected chi connectivity index (χ4v) is 6.05. The molecule has 11 atom stereocenters. The Balaban J connectivity index is 2.33. The highest BCUT2D eigenvalue weighted by Gasteiger charge is 2.36. The lowest BCUT2D eigenvalue weighted by Crippen LogP contribution is -2.62. The maximum Gasteiger partial charge on any atom is 0.325 e. The van der Waals surface area contributed by atoms with E-state index in [2.05, 4.69) is 31.6 Å². The molecule has 20 N–H and O–H groups in total. The number of carboxylic acid groups (broad SMARTS) is 2. The van der Waals surface area contributed by atoms with Crippen molar-refractivity contribution in [2.24, 2.45) is 5.73 Å². The summed E-state index contributed by atoms with van der Waals surface area (Å²) in [7, 11) is 0. The van der Waals surface area contributed by atoms with E-state index < -0.39 is 171 Å². The quantitative estimate of drug-likeness (QED) is 0.0360. The number of carbonyl (C=O) groups excluding carboxylic acids is 9. The van der Waals surface area contributed by atoms with Crippen molar-refractivity contribution in [3.05, 3.63) is 36.0 Å². The van der Waals surface area contributed by atoms with E-state index >= 15 is 0 Å². The SMILES string of the molecule is C[C@H](N)C(=O)N[C@@H](CO)C(=O)N[C@@H](CO)C(=O)N[C@@H](CO)C(=O)N[C@@H](Cc1c[nH]c2ccccc12)C(=O)N[C@@H](CO)C(=O)N[C@@H](CC(=O)O)C(=O)N[C@@H](CO)C(=O)N[C@H](C(=O)N[C@@H](C)C(=O)O)[C@@H](C)O. The molecular formula is C40H59N11O19. The van der Waals surface area contributed by atoms with Gasteiger partial charge in [0.05, 0.1) is 51.6 Å². The number of rotatable bonds is 29. The van der Waals surface area contributed by atoms with Crippen LogP contribution < -0.4 is 53.6 Å². The zero-order valence-corrected chi connectivity index (χ0v) is 37.8. The first kappa shape index (κ1) is 58.8. The lowest BCUT2D eigenvalue weighted by atomic mass is 10.0. The summed E-state index contributed by atoms with van der Waals surface area (Å²) in [5.41, 5.74) is 6.42. The Morgan fingerprint density at radius 3 is 1.29 bits per heavy atom. The van der Waals surface area contributed by atoms with Crippen molar-refractivity contribution in [2.75, 3.05) is 33.0 Å². The van der Waals surface area contributed by atoms with Gasteiger partial charge in [-0.3, -0.25) is 52.7 Å². The Bertz CT molecular complexity index is 2200. The summed E-state index contributed by atoms with van der Waals surface area (Å²) in [6, 6.07) is -10.9. The molecular weight excluding hydrogens is 938 g/mol. The fourth-order valence-electron chi connectivity index (χ4n) is 6.05. The van der Waals surface area contributed by atoms with Gasteiger partial charge in [-0.2, -0.15) is 0 Å². The second-order valence-corrected chi connectivity index (χ2v) is 15.6. The molecule has 1 aromatic carbocycles. The molecule has 0 spiro atoms. The number of hydrogen-bond donors (Lipinski definition) is 19. The predicted octanol–water partition coefficient (Wildman–Crippen LogP) is -9.66. The molecule has 0 fully saturated rings. The summed E-state index contributed by atoms with van der Waals surface area (Å²) < 4.78 is 0. The maximum absolute atomic E-state index is 13.9. The van der Waals surface area contributed by atoms with E-state index in [1.807, 2.05) is 21.3 Å². The van der Waals surface area contributed by atoms with Crippen molar-refractivity contribution in [3.63, 3.8) is 0 Å². The standard InChI is InChI=1S/C40H59N11O19/c1-16(41)31(60)46-24(11-52)36(65)50-27(14-55)37(66)49-26(13-54)34(63)44-22(8-19-10-42-21-7-5-4-6-20(19)21)32(61)47-25(12-53)35(64)45-23(9-29(58)59)33(62)48-28(15-56)38(67)51-30(18(3)57)39(68)43-17(2)40(69)70/h4-7,10,16-18,22-28,30,42,52-57H,8-9,11-15,41H2,1-3H3,(H,43,68)(H,44,63)(H,45,64)(H,46,60)(H,47,61)(H,48,62)(H,49,66)(H,50,65)(H,51,67)(H,58,59)(H,69,70)/t16-,17-,18+,22-,23-,24-,25-,26-,27-,28-,30-/m0/s1. The number of amides is 9. The van der Waals surface area contributed by atoms with Crippen LogP contribution in [0.1, 0.15) is 32.8 Å². The van der Waals surface area contributed by atoms with Gasteiger partial charge in [-0.25, -0.2) is 0 Å². The van der Waals surface area contributed by atoms with Crippen LogP contribution in [0.25, 0.3) is 10.9 Å². The lowest BCUT2D eigenvalue weighted by molar-refractivity contribution is -0.142. The van der Waals surface area contributed by atoms with Crippen molar-refractivity contribution < 1.29 is 93.6 Å². The van der Waals surface area contributed by atoms with Crippen LogP contribution >= 0.6 is 0 Å². The maximum atomic E-state index is 13.9. The summed E-state index contributed by atoms with van der Waals surface area (Å²) >= 11 is 0. The van der Waals surface area contributed by atoms with Gasteiger partial charge in [0.15, 0.2) is 0 Å². The Morgan fingerprint density at radius 1 is 0.514 bits per heavy atom.